The molecular weight excluding hydrogens is 311 g/mol. The predicted molar refractivity (Wildman–Crippen MR) is 88.3 cm³/mol. The molecule has 1 aliphatic rings. The van der Waals surface area contributed by atoms with Crippen LogP contribution in [0.2, 0.25) is 0 Å². The minimum atomic E-state index is -1.11. The highest BCUT2D eigenvalue weighted by atomic mass is 19.1. The molecule has 0 fully saturated rings. The van der Waals surface area contributed by atoms with E-state index in [1.54, 1.807) is 29.8 Å². The molecule has 1 aliphatic heterocycles. The van der Waals surface area contributed by atoms with Gasteiger partial charge in [-0.3, -0.25) is 4.79 Å². The highest BCUT2D eigenvalue weighted by Crippen LogP contribution is 2.28. The van der Waals surface area contributed by atoms with Gasteiger partial charge in [0, 0.05) is 19.0 Å². The molecule has 0 saturated heterocycles. The van der Waals surface area contributed by atoms with Gasteiger partial charge in [-0.15, -0.1) is 0 Å². The molecule has 0 radical (unpaired) electrons. The summed E-state index contributed by atoms with van der Waals surface area (Å²) >= 11 is 0. The molecule has 2 aromatic rings. The summed E-state index contributed by atoms with van der Waals surface area (Å²) in [6, 6.07) is 7.77. The van der Waals surface area contributed by atoms with Crippen LogP contribution in [0.4, 0.5) is 10.2 Å². The fraction of sp³-hybridized carbons (Fsp3) is 0.353. The van der Waals surface area contributed by atoms with Gasteiger partial charge in [-0.05, 0) is 38.5 Å². The summed E-state index contributed by atoms with van der Waals surface area (Å²) in [6.45, 7) is 6.15. The van der Waals surface area contributed by atoms with Gasteiger partial charge >= 0.3 is 0 Å². The summed E-state index contributed by atoms with van der Waals surface area (Å²) in [6.07, 6.45) is 0.309. The van der Waals surface area contributed by atoms with E-state index in [-0.39, 0.29) is 11.7 Å². The van der Waals surface area contributed by atoms with Crippen molar-refractivity contribution >= 4 is 17.4 Å². The average molecular weight is 330 g/mol. The van der Waals surface area contributed by atoms with E-state index >= 15 is 0 Å². The Morgan fingerprint density at radius 2 is 2.12 bits per heavy atom. The van der Waals surface area contributed by atoms with Crippen LogP contribution in [0.5, 0.6) is 0 Å². The van der Waals surface area contributed by atoms with Crippen molar-refractivity contribution in [2.75, 3.05) is 5.32 Å². The number of hydrogen-bond donors (Lipinski definition) is 1. The third-order valence-corrected chi connectivity index (χ3v) is 3.96. The molecule has 0 saturated carbocycles. The fourth-order valence-electron chi connectivity index (χ4n) is 2.59. The van der Waals surface area contributed by atoms with E-state index in [0.717, 1.165) is 11.3 Å². The number of benzene rings is 1. The largest absolute Gasteiger partial charge is 0.379 e. The van der Waals surface area contributed by atoms with E-state index in [9.17, 15) is 9.18 Å². The second kappa shape index (κ2) is 6.07. The Morgan fingerprint density at radius 3 is 2.79 bits per heavy atom. The molecule has 1 aromatic carbocycles. The number of aryl methyl sites for hydroxylation is 2. The minimum absolute atomic E-state index is 0.294. The van der Waals surface area contributed by atoms with Crippen molar-refractivity contribution in [1.29, 1.82) is 0 Å². The molecule has 0 spiro atoms. The highest BCUT2D eigenvalue weighted by Gasteiger charge is 2.42. The maximum Gasteiger partial charge on any atom is 0.272 e. The van der Waals surface area contributed by atoms with Gasteiger partial charge < -0.3 is 10.2 Å². The lowest BCUT2D eigenvalue weighted by molar-refractivity contribution is -0.136. The Hall–Kier alpha value is -2.70. The van der Waals surface area contributed by atoms with E-state index in [1.165, 1.54) is 12.1 Å². The molecule has 6 nitrogen and oxygen atoms in total. The molecule has 2 heterocycles. The number of carbonyl (C=O) groups is 1. The quantitative estimate of drug-likeness (QED) is 0.937. The molecule has 24 heavy (non-hydrogen) atoms. The van der Waals surface area contributed by atoms with E-state index in [0.29, 0.717) is 24.5 Å². The van der Waals surface area contributed by atoms with Crippen LogP contribution in [0.1, 0.15) is 31.5 Å². The van der Waals surface area contributed by atoms with Crippen molar-refractivity contribution in [3.63, 3.8) is 0 Å². The van der Waals surface area contributed by atoms with Crippen molar-refractivity contribution in [2.45, 2.75) is 39.3 Å². The Labute approximate surface area is 139 Å². The third-order valence-electron chi connectivity index (χ3n) is 3.96. The van der Waals surface area contributed by atoms with E-state index < -0.39 is 5.60 Å². The summed E-state index contributed by atoms with van der Waals surface area (Å²) in [5.74, 6) is 0.0139. The maximum absolute atomic E-state index is 13.0. The van der Waals surface area contributed by atoms with E-state index in [1.807, 2.05) is 13.8 Å². The van der Waals surface area contributed by atoms with Crippen molar-refractivity contribution < 1.29 is 14.0 Å². The molecular formula is C17H19FN4O2. The molecule has 1 amide bonds. The van der Waals surface area contributed by atoms with Gasteiger partial charge in [0.15, 0.2) is 0 Å². The first-order valence-electron chi connectivity index (χ1n) is 7.78. The Morgan fingerprint density at radius 1 is 1.42 bits per heavy atom. The Kier molecular flexibility index (Phi) is 4.09. The monoisotopic (exact) mass is 330 g/mol. The molecule has 1 aromatic heterocycles. The van der Waals surface area contributed by atoms with Crippen LogP contribution in [0.3, 0.4) is 0 Å². The lowest BCUT2D eigenvalue weighted by Crippen LogP contribution is -2.40. The van der Waals surface area contributed by atoms with E-state index in [2.05, 4.69) is 15.6 Å². The highest BCUT2D eigenvalue weighted by molar-refractivity contribution is 6.07. The van der Waals surface area contributed by atoms with Crippen LogP contribution in [-0.2, 0) is 16.2 Å². The number of rotatable bonds is 4. The number of nitrogens with one attached hydrogen (secondary N) is 1. The summed E-state index contributed by atoms with van der Waals surface area (Å²) in [5, 5.41) is 11.2. The van der Waals surface area contributed by atoms with Gasteiger partial charge in [-0.2, -0.15) is 5.10 Å². The first kappa shape index (κ1) is 16.2. The number of aromatic nitrogens is 2. The van der Waals surface area contributed by atoms with Crippen molar-refractivity contribution in [3.05, 3.63) is 47.4 Å². The van der Waals surface area contributed by atoms with Crippen LogP contribution in [0, 0.1) is 12.7 Å². The molecule has 1 N–H and O–H groups in total. The number of nitrogens with zero attached hydrogens (tertiary/aromatic N) is 3. The van der Waals surface area contributed by atoms with E-state index in [4.69, 9.17) is 4.84 Å². The zero-order chi connectivity index (χ0) is 17.3. The van der Waals surface area contributed by atoms with Gasteiger partial charge in [0.05, 0.1) is 11.4 Å². The van der Waals surface area contributed by atoms with Crippen molar-refractivity contribution in [3.8, 4) is 0 Å². The molecule has 126 valence electrons. The van der Waals surface area contributed by atoms with Crippen LogP contribution >= 0.6 is 0 Å². The van der Waals surface area contributed by atoms with Crippen LogP contribution in [-0.4, -0.2) is 27.0 Å². The maximum atomic E-state index is 13.0. The van der Waals surface area contributed by atoms with Crippen molar-refractivity contribution in [1.82, 2.24) is 9.78 Å². The minimum Gasteiger partial charge on any atom is -0.379 e. The van der Waals surface area contributed by atoms with Crippen LogP contribution in [0.25, 0.3) is 0 Å². The standard InChI is InChI=1S/C17H19FN4O2/c1-4-22-15(9-11(2)20-22)19-16(23)17(3)10-14(21-24-17)12-5-7-13(18)8-6-12/h5-9H,4,10H2,1-3H3,(H,19,23). The summed E-state index contributed by atoms with van der Waals surface area (Å²) < 4.78 is 14.7. The summed E-state index contributed by atoms with van der Waals surface area (Å²) in [7, 11) is 0. The summed E-state index contributed by atoms with van der Waals surface area (Å²) in [4.78, 5) is 18.0. The second-order valence-electron chi connectivity index (χ2n) is 5.98. The molecule has 0 bridgehead atoms. The van der Waals surface area contributed by atoms with Crippen molar-refractivity contribution in [2.24, 2.45) is 5.16 Å². The SMILES string of the molecule is CCn1nc(C)cc1NC(=O)C1(C)CC(c2ccc(F)cc2)=NO1. The second-order valence-corrected chi connectivity index (χ2v) is 5.98. The number of oxime groups is 1. The van der Waals surface area contributed by atoms with Gasteiger partial charge in [0.25, 0.3) is 5.91 Å². The van der Waals surface area contributed by atoms with Gasteiger partial charge in [-0.1, -0.05) is 17.3 Å². The summed E-state index contributed by atoms with van der Waals surface area (Å²) in [5.41, 5.74) is 1.07. The number of amides is 1. The normalized spacial score (nSPS) is 19.8. The predicted octanol–water partition coefficient (Wildman–Crippen LogP) is 2.87. The number of hydrogen-bond acceptors (Lipinski definition) is 4. The number of halogens is 1. The average Bonchev–Trinajstić information content (AvgIpc) is 3.12. The smallest absolute Gasteiger partial charge is 0.272 e. The lowest BCUT2D eigenvalue weighted by atomic mass is 9.95. The first-order valence-corrected chi connectivity index (χ1v) is 7.78. The Bertz CT molecular complexity index is 797. The van der Waals surface area contributed by atoms with Gasteiger partial charge in [0.2, 0.25) is 5.60 Å². The number of anilines is 1. The van der Waals surface area contributed by atoms with Gasteiger partial charge in [-0.25, -0.2) is 9.07 Å². The topological polar surface area (TPSA) is 68.5 Å². The number of carbonyl (C=O) groups excluding carboxylic acids is 1. The first-order chi connectivity index (χ1) is 11.4. The molecule has 3 rings (SSSR count). The molecule has 7 heteroatoms. The van der Waals surface area contributed by atoms with Crippen LogP contribution in [0.15, 0.2) is 35.5 Å². The molecule has 1 unspecified atom stereocenters. The molecule has 1 atom stereocenters. The molecule has 0 aliphatic carbocycles. The fourth-order valence-corrected chi connectivity index (χ4v) is 2.59. The lowest BCUT2D eigenvalue weighted by Gasteiger charge is -2.20. The third kappa shape index (κ3) is 3.02. The zero-order valence-corrected chi connectivity index (χ0v) is 13.8. The van der Waals surface area contributed by atoms with Crippen LogP contribution < -0.4 is 5.32 Å². The zero-order valence-electron chi connectivity index (χ0n) is 13.8. The van der Waals surface area contributed by atoms with Gasteiger partial charge in [0.1, 0.15) is 11.6 Å². The Balaban J connectivity index is 1.73.